The molecule has 0 aliphatic rings. The first-order chi connectivity index (χ1) is 13.6. The van der Waals surface area contributed by atoms with Crippen molar-refractivity contribution in [1.82, 2.24) is 20.1 Å². The van der Waals surface area contributed by atoms with Gasteiger partial charge in [0.15, 0.2) is 16.7 Å². The number of imide groups is 1. The molecule has 0 spiro atoms. The van der Waals surface area contributed by atoms with Crippen LogP contribution in [0.5, 0.6) is 5.75 Å². The number of furan rings is 1. The smallest absolute Gasteiger partial charge is 0.325 e. The summed E-state index contributed by atoms with van der Waals surface area (Å²) >= 11 is 1.19. The Balaban J connectivity index is 1.53. The van der Waals surface area contributed by atoms with E-state index in [4.69, 9.17) is 9.15 Å². The van der Waals surface area contributed by atoms with E-state index in [1.807, 2.05) is 11.5 Å². The Labute approximate surface area is 165 Å². The summed E-state index contributed by atoms with van der Waals surface area (Å²) in [6, 6.07) is 9.73. The van der Waals surface area contributed by atoms with Crippen molar-refractivity contribution in [2.75, 3.05) is 18.2 Å². The van der Waals surface area contributed by atoms with Crippen LogP contribution in [-0.4, -0.2) is 39.6 Å². The number of hydrogen-bond acceptors (Lipinski definition) is 7. The van der Waals surface area contributed by atoms with E-state index in [1.54, 1.807) is 49.8 Å². The molecule has 1 aromatic carbocycles. The molecule has 2 aromatic heterocycles. The lowest BCUT2D eigenvalue weighted by Crippen LogP contribution is -2.35. The molecule has 0 aliphatic carbocycles. The number of nitrogens with one attached hydrogen (secondary N) is 2. The Kier molecular flexibility index (Phi) is 6.33. The quantitative estimate of drug-likeness (QED) is 0.585. The minimum absolute atomic E-state index is 0.0202. The molecule has 0 bridgehead atoms. The molecular formula is C18H19N5O4S. The van der Waals surface area contributed by atoms with Crippen molar-refractivity contribution in [3.63, 3.8) is 0 Å². The minimum atomic E-state index is -0.607. The van der Waals surface area contributed by atoms with Gasteiger partial charge in [-0.3, -0.25) is 14.7 Å². The largest absolute Gasteiger partial charge is 0.497 e. The molecule has 0 aliphatic heterocycles. The van der Waals surface area contributed by atoms with Gasteiger partial charge in [0, 0.05) is 12.2 Å². The van der Waals surface area contributed by atoms with Crippen LogP contribution >= 0.6 is 11.8 Å². The lowest BCUT2D eigenvalue weighted by Gasteiger charge is -2.08. The van der Waals surface area contributed by atoms with Crippen molar-refractivity contribution in [2.45, 2.75) is 18.6 Å². The van der Waals surface area contributed by atoms with Gasteiger partial charge >= 0.3 is 6.03 Å². The average molecular weight is 401 g/mol. The van der Waals surface area contributed by atoms with E-state index >= 15 is 0 Å². The predicted molar refractivity (Wildman–Crippen MR) is 104 cm³/mol. The molecule has 0 saturated heterocycles. The molecule has 0 fully saturated rings. The Morgan fingerprint density at radius 3 is 2.64 bits per heavy atom. The monoisotopic (exact) mass is 401 g/mol. The Morgan fingerprint density at radius 1 is 1.21 bits per heavy atom. The number of amides is 3. The SMILES string of the molecule is CCn1c(SCC(=O)NC(=O)Nc2ccc(OC)cc2)nnc1-c1ccco1. The molecule has 3 rings (SSSR count). The van der Waals surface area contributed by atoms with Gasteiger partial charge in [-0.25, -0.2) is 4.79 Å². The van der Waals surface area contributed by atoms with Gasteiger partial charge in [0.05, 0.1) is 19.1 Å². The van der Waals surface area contributed by atoms with E-state index in [1.165, 1.54) is 11.8 Å². The zero-order valence-electron chi connectivity index (χ0n) is 15.3. The summed E-state index contributed by atoms with van der Waals surface area (Å²) in [5.41, 5.74) is 0.549. The maximum Gasteiger partial charge on any atom is 0.325 e. The van der Waals surface area contributed by atoms with Crippen LogP contribution in [0.2, 0.25) is 0 Å². The number of nitrogens with zero attached hydrogens (tertiary/aromatic N) is 3. The Hall–Kier alpha value is -3.27. The molecule has 0 radical (unpaired) electrons. The van der Waals surface area contributed by atoms with Crippen LogP contribution in [0.1, 0.15) is 6.92 Å². The van der Waals surface area contributed by atoms with Gasteiger partial charge < -0.3 is 14.5 Å². The highest BCUT2D eigenvalue weighted by Crippen LogP contribution is 2.24. The second-order valence-electron chi connectivity index (χ2n) is 5.55. The number of aromatic nitrogens is 3. The molecule has 0 saturated carbocycles. The van der Waals surface area contributed by atoms with E-state index < -0.39 is 11.9 Å². The van der Waals surface area contributed by atoms with Gasteiger partial charge in [-0.1, -0.05) is 11.8 Å². The first-order valence-corrected chi connectivity index (χ1v) is 9.44. The van der Waals surface area contributed by atoms with Crippen molar-refractivity contribution >= 4 is 29.4 Å². The van der Waals surface area contributed by atoms with Crippen molar-refractivity contribution in [2.24, 2.45) is 0 Å². The van der Waals surface area contributed by atoms with Gasteiger partial charge in [-0.2, -0.15) is 0 Å². The summed E-state index contributed by atoms with van der Waals surface area (Å²) in [5, 5.41) is 13.7. The van der Waals surface area contributed by atoms with Crippen LogP contribution in [0.25, 0.3) is 11.6 Å². The predicted octanol–water partition coefficient (Wildman–Crippen LogP) is 3.01. The Morgan fingerprint density at radius 2 is 2.00 bits per heavy atom. The number of carbonyl (C=O) groups is 2. The average Bonchev–Trinajstić information content (AvgIpc) is 3.36. The number of hydrogen-bond donors (Lipinski definition) is 2. The third-order valence-corrected chi connectivity index (χ3v) is 4.67. The fraction of sp³-hybridized carbons (Fsp3) is 0.222. The number of carbonyl (C=O) groups excluding carboxylic acids is 2. The zero-order chi connectivity index (χ0) is 19.9. The van der Waals surface area contributed by atoms with Crippen LogP contribution in [-0.2, 0) is 11.3 Å². The maximum atomic E-state index is 12.1. The van der Waals surface area contributed by atoms with E-state index in [9.17, 15) is 9.59 Å². The summed E-state index contributed by atoms with van der Waals surface area (Å²) in [6.07, 6.45) is 1.56. The summed E-state index contributed by atoms with van der Waals surface area (Å²) in [7, 11) is 1.56. The third-order valence-electron chi connectivity index (χ3n) is 3.71. The first-order valence-electron chi connectivity index (χ1n) is 8.45. The molecule has 146 valence electrons. The van der Waals surface area contributed by atoms with Crippen LogP contribution in [0, 0.1) is 0 Å². The maximum absolute atomic E-state index is 12.1. The number of thioether (sulfide) groups is 1. The summed E-state index contributed by atoms with van der Waals surface area (Å²) < 4.78 is 12.2. The molecule has 10 heteroatoms. The number of rotatable bonds is 7. The number of anilines is 1. The topological polar surface area (TPSA) is 111 Å². The summed E-state index contributed by atoms with van der Waals surface area (Å²) in [4.78, 5) is 24.0. The highest BCUT2D eigenvalue weighted by Gasteiger charge is 2.17. The van der Waals surface area contributed by atoms with Gasteiger partial charge in [0.2, 0.25) is 5.91 Å². The van der Waals surface area contributed by atoms with Gasteiger partial charge in [0.1, 0.15) is 5.75 Å². The number of methoxy groups -OCH3 is 1. The van der Waals surface area contributed by atoms with Crippen LogP contribution < -0.4 is 15.4 Å². The fourth-order valence-corrected chi connectivity index (χ4v) is 3.20. The number of urea groups is 1. The zero-order valence-corrected chi connectivity index (χ0v) is 16.2. The van der Waals surface area contributed by atoms with E-state index in [0.29, 0.717) is 34.7 Å². The number of benzene rings is 1. The fourth-order valence-electron chi connectivity index (χ4n) is 2.40. The third kappa shape index (κ3) is 4.71. The molecule has 3 amide bonds. The molecule has 0 unspecified atom stereocenters. The molecular weight excluding hydrogens is 382 g/mol. The van der Waals surface area contributed by atoms with E-state index in [-0.39, 0.29) is 5.75 Å². The second kappa shape index (κ2) is 9.09. The van der Waals surface area contributed by atoms with Crippen molar-refractivity contribution in [1.29, 1.82) is 0 Å². The summed E-state index contributed by atoms with van der Waals surface area (Å²) in [5.74, 6) is 1.44. The van der Waals surface area contributed by atoms with Crippen LogP contribution in [0.3, 0.4) is 0 Å². The highest BCUT2D eigenvalue weighted by atomic mass is 32.2. The minimum Gasteiger partial charge on any atom is -0.497 e. The molecule has 0 atom stereocenters. The first kappa shape index (κ1) is 19.5. The highest BCUT2D eigenvalue weighted by molar-refractivity contribution is 7.99. The molecule has 9 nitrogen and oxygen atoms in total. The summed E-state index contributed by atoms with van der Waals surface area (Å²) in [6.45, 7) is 2.56. The standard InChI is InChI=1S/C18H19N5O4S/c1-3-23-16(14-5-4-10-27-14)21-22-18(23)28-11-15(24)20-17(25)19-12-6-8-13(26-2)9-7-12/h4-10H,3,11H2,1-2H3,(H2,19,20,24,25). The van der Waals surface area contributed by atoms with Crippen molar-refractivity contribution in [3.8, 4) is 17.3 Å². The molecule has 2 heterocycles. The normalized spacial score (nSPS) is 10.5. The molecule has 2 N–H and O–H groups in total. The molecule has 28 heavy (non-hydrogen) atoms. The van der Waals surface area contributed by atoms with E-state index in [0.717, 1.165) is 0 Å². The second-order valence-corrected chi connectivity index (χ2v) is 6.49. The van der Waals surface area contributed by atoms with Gasteiger partial charge in [0.25, 0.3) is 0 Å². The lowest BCUT2D eigenvalue weighted by atomic mass is 10.3. The Bertz CT molecular complexity index is 938. The van der Waals surface area contributed by atoms with Gasteiger partial charge in [-0.05, 0) is 43.3 Å². The van der Waals surface area contributed by atoms with Crippen LogP contribution in [0.4, 0.5) is 10.5 Å². The van der Waals surface area contributed by atoms with E-state index in [2.05, 4.69) is 20.8 Å². The van der Waals surface area contributed by atoms with Gasteiger partial charge in [-0.15, -0.1) is 10.2 Å². The van der Waals surface area contributed by atoms with Crippen LogP contribution in [0.15, 0.2) is 52.2 Å². The van der Waals surface area contributed by atoms with Crippen molar-refractivity contribution < 1.29 is 18.7 Å². The number of ether oxygens (including phenoxy) is 1. The lowest BCUT2D eigenvalue weighted by molar-refractivity contribution is -0.117. The molecule has 3 aromatic rings. The van der Waals surface area contributed by atoms with Crippen molar-refractivity contribution in [3.05, 3.63) is 42.7 Å².